The lowest BCUT2D eigenvalue weighted by molar-refractivity contribution is -0.116. The average Bonchev–Trinajstić information content (AvgIpc) is 2.74. The van der Waals surface area contributed by atoms with Gasteiger partial charge in [0.15, 0.2) is 0 Å². The van der Waals surface area contributed by atoms with Crippen LogP contribution in [0.3, 0.4) is 0 Å². The van der Waals surface area contributed by atoms with Crippen LogP contribution in [0.5, 0.6) is 0 Å². The van der Waals surface area contributed by atoms with E-state index in [9.17, 15) is 18.0 Å². The van der Waals surface area contributed by atoms with E-state index in [1.807, 2.05) is 0 Å². The molecule has 2 aromatic carbocycles. The van der Waals surface area contributed by atoms with Gasteiger partial charge in [-0.15, -0.1) is 0 Å². The van der Waals surface area contributed by atoms with Crippen LogP contribution < -0.4 is 5.32 Å². The highest BCUT2D eigenvalue weighted by molar-refractivity contribution is 7.89. The highest BCUT2D eigenvalue weighted by atomic mass is 35.5. The lowest BCUT2D eigenvalue weighted by Crippen LogP contribution is -2.42. The summed E-state index contributed by atoms with van der Waals surface area (Å²) in [4.78, 5) is 26.4. The molecule has 32 heavy (non-hydrogen) atoms. The largest absolute Gasteiger partial charge is 0.332 e. The summed E-state index contributed by atoms with van der Waals surface area (Å²) < 4.78 is 27.5. The van der Waals surface area contributed by atoms with Crippen LogP contribution in [0.2, 0.25) is 5.02 Å². The van der Waals surface area contributed by atoms with Crippen LogP contribution >= 0.6 is 11.6 Å². The third kappa shape index (κ3) is 5.68. The molecular weight excluding hydrogens is 450 g/mol. The first-order chi connectivity index (χ1) is 15.1. The number of amides is 2. The minimum absolute atomic E-state index is 0.162. The molecule has 1 N–H and O–H groups in total. The minimum atomic E-state index is -3.62. The quantitative estimate of drug-likeness (QED) is 0.687. The van der Waals surface area contributed by atoms with Gasteiger partial charge in [-0.2, -0.15) is 4.31 Å². The number of halogens is 1. The molecule has 1 heterocycles. The number of carbonyl (C=O) groups excluding carboxylic acids is 2. The maximum atomic E-state index is 13.0. The van der Waals surface area contributed by atoms with Crippen molar-refractivity contribution in [2.75, 3.05) is 32.0 Å². The van der Waals surface area contributed by atoms with Crippen LogP contribution in [-0.2, 0) is 14.8 Å². The van der Waals surface area contributed by atoms with E-state index in [-0.39, 0.29) is 23.3 Å². The molecular formula is C23H28ClN3O4S. The molecule has 0 unspecified atom stereocenters. The van der Waals surface area contributed by atoms with E-state index in [0.717, 1.165) is 6.42 Å². The number of hydrogen-bond donors (Lipinski definition) is 1. The Kier molecular flexibility index (Phi) is 7.59. The molecule has 0 spiro atoms. The van der Waals surface area contributed by atoms with Gasteiger partial charge in [-0.3, -0.25) is 9.59 Å². The van der Waals surface area contributed by atoms with Gasteiger partial charge >= 0.3 is 0 Å². The normalized spacial score (nSPS) is 19.4. The number of rotatable bonds is 6. The Labute approximate surface area is 194 Å². The fourth-order valence-corrected chi connectivity index (χ4v) is 5.84. The summed E-state index contributed by atoms with van der Waals surface area (Å²) in [5, 5.41) is 3.08. The lowest BCUT2D eigenvalue weighted by atomic mass is 9.94. The van der Waals surface area contributed by atoms with Crippen LogP contribution in [0.1, 0.15) is 30.6 Å². The number of nitrogens with one attached hydrogen (secondary N) is 1. The Morgan fingerprint density at radius 1 is 1.06 bits per heavy atom. The van der Waals surface area contributed by atoms with Crippen molar-refractivity contribution in [2.24, 2.45) is 11.8 Å². The molecule has 0 bridgehead atoms. The number of nitrogens with zero attached hydrogens (tertiary/aromatic N) is 2. The number of likely N-dealkylation sites (N-methyl/N-ethyl adjacent to an activating group) is 1. The van der Waals surface area contributed by atoms with Crippen molar-refractivity contribution in [3.05, 3.63) is 59.1 Å². The molecule has 2 aromatic rings. The molecule has 9 heteroatoms. The summed E-state index contributed by atoms with van der Waals surface area (Å²) in [5.41, 5.74) is 0.772. The monoisotopic (exact) mass is 477 g/mol. The van der Waals surface area contributed by atoms with E-state index in [1.165, 1.54) is 40.5 Å². The summed E-state index contributed by atoms with van der Waals surface area (Å²) in [5.74, 6) is -0.162. The van der Waals surface area contributed by atoms with Crippen molar-refractivity contribution >= 4 is 39.1 Å². The zero-order valence-corrected chi connectivity index (χ0v) is 20.0. The number of sulfonamides is 1. The Hall–Kier alpha value is -2.42. The number of hydrogen-bond acceptors (Lipinski definition) is 4. The SMILES string of the molecule is C[C@@H]1C[C@H](C)CN(S(=O)(=O)c2ccc(C(=O)N(C)CC(=O)Nc3ccccc3Cl)cc2)C1. The lowest BCUT2D eigenvalue weighted by Gasteiger charge is -2.34. The maximum absolute atomic E-state index is 13.0. The van der Waals surface area contributed by atoms with E-state index in [0.29, 0.717) is 41.2 Å². The zero-order chi connectivity index (χ0) is 23.5. The minimum Gasteiger partial charge on any atom is -0.332 e. The van der Waals surface area contributed by atoms with Gasteiger partial charge in [-0.25, -0.2) is 8.42 Å². The second-order valence-corrected chi connectivity index (χ2v) is 10.8. The van der Waals surface area contributed by atoms with Gasteiger partial charge in [0.05, 0.1) is 22.2 Å². The summed E-state index contributed by atoms with van der Waals surface area (Å²) in [6, 6.07) is 12.7. The fourth-order valence-electron chi connectivity index (χ4n) is 3.98. The van der Waals surface area contributed by atoms with Crippen molar-refractivity contribution in [3.63, 3.8) is 0 Å². The highest BCUT2D eigenvalue weighted by Crippen LogP contribution is 2.27. The van der Waals surface area contributed by atoms with Crippen LogP contribution in [0.25, 0.3) is 0 Å². The van der Waals surface area contributed by atoms with Crippen LogP contribution in [-0.4, -0.2) is 56.1 Å². The predicted molar refractivity (Wildman–Crippen MR) is 125 cm³/mol. The summed E-state index contributed by atoms with van der Waals surface area (Å²) in [6.45, 7) is 4.93. The van der Waals surface area contributed by atoms with Crippen LogP contribution in [0.4, 0.5) is 5.69 Å². The zero-order valence-electron chi connectivity index (χ0n) is 18.4. The molecule has 1 aliphatic heterocycles. The molecule has 0 aromatic heterocycles. The number of para-hydroxylation sites is 1. The third-order valence-corrected chi connectivity index (χ3v) is 7.63. The molecule has 0 radical (unpaired) electrons. The van der Waals surface area contributed by atoms with Gasteiger partial charge in [-0.05, 0) is 54.7 Å². The molecule has 2 amide bonds. The summed E-state index contributed by atoms with van der Waals surface area (Å²) in [6.07, 6.45) is 1.01. The third-order valence-electron chi connectivity index (χ3n) is 5.45. The maximum Gasteiger partial charge on any atom is 0.254 e. The molecule has 172 valence electrons. The Balaban J connectivity index is 1.65. The second kappa shape index (κ2) is 10.0. The van der Waals surface area contributed by atoms with Gasteiger partial charge in [0.2, 0.25) is 15.9 Å². The van der Waals surface area contributed by atoms with Crippen molar-refractivity contribution < 1.29 is 18.0 Å². The summed E-state index contributed by atoms with van der Waals surface area (Å²) in [7, 11) is -2.11. The highest BCUT2D eigenvalue weighted by Gasteiger charge is 2.31. The number of carbonyl (C=O) groups is 2. The topological polar surface area (TPSA) is 86.8 Å². The molecule has 1 fully saturated rings. The first-order valence-electron chi connectivity index (χ1n) is 10.5. The van der Waals surface area contributed by atoms with Crippen molar-refractivity contribution in [3.8, 4) is 0 Å². The average molecular weight is 478 g/mol. The molecule has 3 rings (SSSR count). The van der Waals surface area contributed by atoms with Gasteiger partial charge in [-0.1, -0.05) is 37.6 Å². The molecule has 1 saturated heterocycles. The van der Waals surface area contributed by atoms with E-state index < -0.39 is 10.0 Å². The number of benzene rings is 2. The first-order valence-corrected chi connectivity index (χ1v) is 12.3. The van der Waals surface area contributed by atoms with Crippen molar-refractivity contribution in [2.45, 2.75) is 25.2 Å². The van der Waals surface area contributed by atoms with E-state index in [2.05, 4.69) is 19.2 Å². The van der Waals surface area contributed by atoms with E-state index >= 15 is 0 Å². The number of piperidine rings is 1. The Morgan fingerprint density at radius 2 is 1.66 bits per heavy atom. The van der Waals surface area contributed by atoms with Crippen molar-refractivity contribution in [1.82, 2.24) is 9.21 Å². The molecule has 7 nitrogen and oxygen atoms in total. The number of anilines is 1. The molecule has 0 aliphatic carbocycles. The Bertz CT molecular complexity index is 1080. The standard InChI is InChI=1S/C23H28ClN3O4S/c1-16-12-17(2)14-27(13-16)32(30,31)19-10-8-18(9-11-19)23(29)26(3)15-22(28)25-21-7-5-4-6-20(21)24/h4-11,16-17H,12-15H2,1-3H3,(H,25,28)/t16-,17+. The van der Waals surface area contributed by atoms with Gasteiger partial charge in [0, 0.05) is 25.7 Å². The molecule has 0 saturated carbocycles. The van der Waals surface area contributed by atoms with E-state index in [1.54, 1.807) is 24.3 Å². The smallest absolute Gasteiger partial charge is 0.254 e. The first kappa shape index (κ1) is 24.2. The fraction of sp³-hybridized carbons (Fsp3) is 0.391. The Morgan fingerprint density at radius 3 is 2.25 bits per heavy atom. The molecule has 1 aliphatic rings. The van der Waals surface area contributed by atoms with Gasteiger partial charge in [0.1, 0.15) is 0 Å². The van der Waals surface area contributed by atoms with E-state index in [4.69, 9.17) is 11.6 Å². The molecule has 2 atom stereocenters. The van der Waals surface area contributed by atoms with Gasteiger partial charge in [0.25, 0.3) is 5.91 Å². The van der Waals surface area contributed by atoms with Crippen molar-refractivity contribution in [1.29, 1.82) is 0 Å². The van der Waals surface area contributed by atoms with Gasteiger partial charge < -0.3 is 10.2 Å². The second-order valence-electron chi connectivity index (χ2n) is 8.48. The predicted octanol–water partition coefficient (Wildman–Crippen LogP) is 3.72. The van der Waals surface area contributed by atoms with Crippen LogP contribution in [0.15, 0.2) is 53.4 Å². The summed E-state index contributed by atoms with van der Waals surface area (Å²) >= 11 is 6.04. The van der Waals surface area contributed by atoms with Crippen LogP contribution in [0, 0.1) is 11.8 Å².